The zero-order valence-corrected chi connectivity index (χ0v) is 15.2. The summed E-state index contributed by atoms with van der Waals surface area (Å²) in [5.41, 5.74) is 3.05. The molecular formula is C21H24N4O2. The molecule has 0 atom stereocenters. The average Bonchev–Trinajstić information content (AvgIpc) is 3.09. The van der Waals surface area contributed by atoms with Gasteiger partial charge in [-0.3, -0.25) is 9.59 Å². The maximum Gasteiger partial charge on any atom is 0.224 e. The van der Waals surface area contributed by atoms with E-state index in [2.05, 4.69) is 20.2 Å². The first-order chi connectivity index (χ1) is 13.2. The lowest BCUT2D eigenvalue weighted by Crippen LogP contribution is -2.32. The lowest BCUT2D eigenvalue weighted by molar-refractivity contribution is -0.122. The van der Waals surface area contributed by atoms with Crippen molar-refractivity contribution in [1.82, 2.24) is 20.2 Å². The summed E-state index contributed by atoms with van der Waals surface area (Å²) in [6, 6.07) is 17.5. The molecule has 0 radical (unpaired) electrons. The Kier molecular flexibility index (Phi) is 6.57. The van der Waals surface area contributed by atoms with Gasteiger partial charge in [-0.25, -0.2) is 4.98 Å². The van der Waals surface area contributed by atoms with E-state index < -0.39 is 0 Å². The molecule has 0 aliphatic carbocycles. The van der Waals surface area contributed by atoms with E-state index in [1.54, 1.807) is 0 Å². The SMILES string of the molecule is O=C(CCNC(=O)Cc1ccccc1)NCCCn1cnc2ccccc21. The Hall–Kier alpha value is -3.15. The zero-order chi connectivity index (χ0) is 18.9. The minimum Gasteiger partial charge on any atom is -0.356 e. The summed E-state index contributed by atoms with van der Waals surface area (Å²) in [7, 11) is 0. The molecule has 6 heteroatoms. The van der Waals surface area contributed by atoms with Crippen LogP contribution in [0, 0.1) is 0 Å². The molecule has 0 aliphatic rings. The first-order valence-electron chi connectivity index (χ1n) is 9.19. The molecule has 0 saturated carbocycles. The van der Waals surface area contributed by atoms with Gasteiger partial charge < -0.3 is 15.2 Å². The van der Waals surface area contributed by atoms with Crippen molar-refractivity contribution in [1.29, 1.82) is 0 Å². The molecule has 1 heterocycles. The van der Waals surface area contributed by atoms with Gasteiger partial charge in [-0.2, -0.15) is 0 Å². The molecule has 27 heavy (non-hydrogen) atoms. The predicted octanol–water partition coefficient (Wildman–Crippen LogP) is 2.29. The molecule has 0 bridgehead atoms. The number of hydrogen-bond donors (Lipinski definition) is 2. The van der Waals surface area contributed by atoms with E-state index in [4.69, 9.17) is 0 Å². The fraction of sp³-hybridized carbons (Fsp3) is 0.286. The van der Waals surface area contributed by atoms with E-state index in [9.17, 15) is 9.59 Å². The van der Waals surface area contributed by atoms with E-state index in [1.807, 2.05) is 60.9 Å². The van der Waals surface area contributed by atoms with Crippen LogP contribution in [0.15, 0.2) is 60.9 Å². The van der Waals surface area contributed by atoms with Gasteiger partial charge in [0.2, 0.25) is 11.8 Å². The normalized spacial score (nSPS) is 10.7. The molecule has 2 N–H and O–H groups in total. The number of carbonyl (C=O) groups excluding carboxylic acids is 2. The van der Waals surface area contributed by atoms with E-state index in [0.29, 0.717) is 19.5 Å². The van der Waals surface area contributed by atoms with Crippen LogP contribution in [0.1, 0.15) is 18.4 Å². The number of amides is 2. The van der Waals surface area contributed by atoms with E-state index >= 15 is 0 Å². The minimum absolute atomic E-state index is 0.0505. The van der Waals surface area contributed by atoms with E-state index in [0.717, 1.165) is 29.6 Å². The fourth-order valence-electron chi connectivity index (χ4n) is 2.91. The van der Waals surface area contributed by atoms with Crippen LogP contribution in [0.3, 0.4) is 0 Å². The van der Waals surface area contributed by atoms with Crippen LogP contribution in [-0.2, 0) is 22.6 Å². The topological polar surface area (TPSA) is 76.0 Å². The second-order valence-corrected chi connectivity index (χ2v) is 6.39. The Morgan fingerprint density at radius 3 is 2.48 bits per heavy atom. The van der Waals surface area contributed by atoms with Crippen LogP contribution in [-0.4, -0.2) is 34.5 Å². The van der Waals surface area contributed by atoms with Crippen molar-refractivity contribution in [2.24, 2.45) is 0 Å². The maximum atomic E-state index is 11.9. The van der Waals surface area contributed by atoms with Gasteiger partial charge in [-0.1, -0.05) is 42.5 Å². The second kappa shape index (κ2) is 9.52. The Morgan fingerprint density at radius 2 is 1.63 bits per heavy atom. The van der Waals surface area contributed by atoms with Crippen LogP contribution in [0.5, 0.6) is 0 Å². The molecule has 140 valence electrons. The van der Waals surface area contributed by atoms with Crippen LogP contribution < -0.4 is 10.6 Å². The third-order valence-corrected chi connectivity index (χ3v) is 4.31. The van der Waals surface area contributed by atoms with Crippen molar-refractivity contribution in [2.75, 3.05) is 13.1 Å². The Morgan fingerprint density at radius 1 is 0.889 bits per heavy atom. The van der Waals surface area contributed by atoms with Gasteiger partial charge in [0.05, 0.1) is 23.8 Å². The van der Waals surface area contributed by atoms with Crippen LogP contribution in [0.25, 0.3) is 11.0 Å². The van der Waals surface area contributed by atoms with Gasteiger partial charge in [0.15, 0.2) is 0 Å². The summed E-state index contributed by atoms with van der Waals surface area (Å²) in [4.78, 5) is 28.1. The van der Waals surface area contributed by atoms with Crippen LogP contribution in [0.4, 0.5) is 0 Å². The first-order valence-corrected chi connectivity index (χ1v) is 9.19. The lowest BCUT2D eigenvalue weighted by atomic mass is 10.1. The number of para-hydroxylation sites is 2. The number of fused-ring (bicyclic) bond motifs is 1. The zero-order valence-electron chi connectivity index (χ0n) is 15.2. The molecule has 6 nitrogen and oxygen atoms in total. The summed E-state index contributed by atoms with van der Waals surface area (Å²) in [5, 5.41) is 5.68. The Labute approximate surface area is 158 Å². The number of rotatable bonds is 9. The largest absolute Gasteiger partial charge is 0.356 e. The van der Waals surface area contributed by atoms with Crippen molar-refractivity contribution in [3.63, 3.8) is 0 Å². The number of aromatic nitrogens is 2. The maximum absolute atomic E-state index is 11.9. The number of aryl methyl sites for hydroxylation is 1. The summed E-state index contributed by atoms with van der Waals surface area (Å²) < 4.78 is 2.09. The van der Waals surface area contributed by atoms with Crippen LogP contribution in [0.2, 0.25) is 0 Å². The summed E-state index contributed by atoms with van der Waals surface area (Å²) >= 11 is 0. The average molecular weight is 364 g/mol. The van der Waals surface area contributed by atoms with Gasteiger partial charge in [0.25, 0.3) is 0 Å². The fourth-order valence-corrected chi connectivity index (χ4v) is 2.91. The molecule has 3 aromatic rings. The summed E-state index contributed by atoms with van der Waals surface area (Å²) in [5.74, 6) is -0.119. The van der Waals surface area contributed by atoms with Gasteiger partial charge in [-0.05, 0) is 24.1 Å². The molecule has 3 rings (SSSR count). The molecule has 2 amide bonds. The van der Waals surface area contributed by atoms with E-state index in [1.165, 1.54) is 0 Å². The second-order valence-electron chi connectivity index (χ2n) is 6.39. The minimum atomic E-state index is -0.0685. The van der Waals surface area contributed by atoms with Gasteiger partial charge >= 0.3 is 0 Å². The van der Waals surface area contributed by atoms with Crippen molar-refractivity contribution >= 4 is 22.8 Å². The molecule has 2 aromatic carbocycles. The standard InChI is InChI=1S/C21H24N4O2/c26-20(11-13-23-21(27)15-17-7-2-1-3-8-17)22-12-6-14-25-16-24-18-9-4-5-10-19(18)25/h1-5,7-10,16H,6,11-15H2,(H,22,26)(H,23,27). The smallest absolute Gasteiger partial charge is 0.224 e. The van der Waals surface area contributed by atoms with Crippen LogP contribution >= 0.6 is 0 Å². The third kappa shape index (κ3) is 5.67. The number of nitrogens with one attached hydrogen (secondary N) is 2. The highest BCUT2D eigenvalue weighted by atomic mass is 16.2. The molecule has 0 aliphatic heterocycles. The van der Waals surface area contributed by atoms with Crippen molar-refractivity contribution in [2.45, 2.75) is 25.8 Å². The number of carbonyl (C=O) groups is 2. The highest BCUT2D eigenvalue weighted by molar-refractivity contribution is 5.80. The molecule has 0 saturated heterocycles. The lowest BCUT2D eigenvalue weighted by Gasteiger charge is -2.08. The Bertz CT molecular complexity index is 889. The van der Waals surface area contributed by atoms with Crippen molar-refractivity contribution < 1.29 is 9.59 Å². The van der Waals surface area contributed by atoms with Crippen molar-refractivity contribution in [3.05, 3.63) is 66.5 Å². The predicted molar refractivity (Wildman–Crippen MR) is 105 cm³/mol. The van der Waals surface area contributed by atoms with Gasteiger partial charge in [0.1, 0.15) is 0 Å². The quantitative estimate of drug-likeness (QED) is 0.572. The summed E-state index contributed by atoms with van der Waals surface area (Å²) in [6.07, 6.45) is 3.27. The molecule has 1 aromatic heterocycles. The molecule has 0 fully saturated rings. The van der Waals surface area contributed by atoms with E-state index in [-0.39, 0.29) is 18.2 Å². The molecule has 0 spiro atoms. The molecular weight excluding hydrogens is 340 g/mol. The van der Waals surface area contributed by atoms with Crippen molar-refractivity contribution in [3.8, 4) is 0 Å². The third-order valence-electron chi connectivity index (χ3n) is 4.31. The number of hydrogen-bond acceptors (Lipinski definition) is 3. The summed E-state index contributed by atoms with van der Waals surface area (Å²) in [6.45, 7) is 1.75. The highest BCUT2D eigenvalue weighted by Gasteiger charge is 2.05. The van der Waals surface area contributed by atoms with Gasteiger partial charge in [-0.15, -0.1) is 0 Å². The Balaban J connectivity index is 1.29. The molecule has 0 unspecified atom stereocenters. The number of imidazole rings is 1. The number of nitrogens with zero attached hydrogens (tertiary/aromatic N) is 2. The number of benzene rings is 2. The highest BCUT2D eigenvalue weighted by Crippen LogP contribution is 2.11. The monoisotopic (exact) mass is 364 g/mol. The first kappa shape index (κ1) is 18.6. The van der Waals surface area contributed by atoms with Gasteiger partial charge in [0, 0.05) is 26.1 Å².